The van der Waals surface area contributed by atoms with E-state index in [4.69, 9.17) is 9.47 Å². The summed E-state index contributed by atoms with van der Waals surface area (Å²) in [6, 6.07) is 7.59. The number of hydrogen-bond acceptors (Lipinski definition) is 4. The van der Waals surface area contributed by atoms with Crippen LogP contribution in [0.5, 0.6) is 0 Å². The predicted molar refractivity (Wildman–Crippen MR) is 104 cm³/mol. The molecule has 7 heteroatoms. The number of hydrogen-bond donors (Lipinski definition) is 1. The lowest BCUT2D eigenvalue weighted by Crippen LogP contribution is -2.52. The van der Waals surface area contributed by atoms with Crippen LogP contribution in [0, 0.1) is 11.8 Å². The van der Waals surface area contributed by atoms with Gasteiger partial charge >= 0.3 is 12.1 Å². The minimum absolute atomic E-state index is 0.143. The van der Waals surface area contributed by atoms with E-state index in [-0.39, 0.29) is 19.6 Å². The van der Waals surface area contributed by atoms with Crippen molar-refractivity contribution in [1.82, 2.24) is 4.90 Å². The smallest absolute Gasteiger partial charge is 0.411 e. The summed E-state index contributed by atoms with van der Waals surface area (Å²) < 4.78 is 12.0. The zero-order valence-corrected chi connectivity index (χ0v) is 17.5. The first kappa shape index (κ1) is 21.3. The third kappa shape index (κ3) is 5.47. The molecule has 2 atom stereocenters. The van der Waals surface area contributed by atoms with Crippen LogP contribution in [0.3, 0.4) is 0 Å². The highest BCUT2D eigenvalue weighted by Gasteiger charge is 2.51. The van der Waals surface area contributed by atoms with Gasteiger partial charge in [-0.3, -0.25) is 4.90 Å². The number of carbonyl (C=O) groups excluding carboxylic acids is 1. The fraction of sp³-hybridized carbons (Fsp3) is 0.500. The van der Waals surface area contributed by atoms with Crippen LogP contribution in [0.2, 0.25) is 0 Å². The number of carboxylic acids is 1. The molecule has 2 rings (SSSR count). The molecule has 0 saturated carbocycles. The van der Waals surface area contributed by atoms with Crippen molar-refractivity contribution >= 4 is 28.0 Å². The van der Waals surface area contributed by atoms with Gasteiger partial charge in [0.15, 0.2) is 0 Å². The number of likely N-dealkylation sites (tertiary alicyclic amines) is 1. The number of carbonyl (C=O) groups is 2. The second-order valence-corrected chi connectivity index (χ2v) is 8.44. The lowest BCUT2D eigenvalue weighted by Gasteiger charge is -2.32. The van der Waals surface area contributed by atoms with Crippen LogP contribution in [-0.4, -0.2) is 52.5 Å². The van der Waals surface area contributed by atoms with Gasteiger partial charge in [-0.1, -0.05) is 24.0 Å². The van der Waals surface area contributed by atoms with Crippen LogP contribution in [-0.2, 0) is 14.3 Å². The largest absolute Gasteiger partial charge is 0.480 e. The molecule has 1 heterocycles. The van der Waals surface area contributed by atoms with Gasteiger partial charge in [0.25, 0.3) is 0 Å². The standard InChI is InChI=1S/C20H24BrNO5/c1-19(2,3)27-18(25)22-13-15(12-20(22,4)17(23)24)26-11-7-9-14-8-5-6-10-16(14)21/h5-6,8,10,15H,11-13H2,1-4H3,(H,23,24)/t15-,20+/m1/s1. The Morgan fingerprint density at radius 3 is 2.63 bits per heavy atom. The Labute approximate surface area is 168 Å². The van der Waals surface area contributed by atoms with Crippen LogP contribution >= 0.6 is 15.9 Å². The maximum atomic E-state index is 12.4. The summed E-state index contributed by atoms with van der Waals surface area (Å²) in [6.07, 6.45) is -0.900. The minimum Gasteiger partial charge on any atom is -0.480 e. The molecule has 1 aromatic carbocycles. The number of amides is 1. The maximum absolute atomic E-state index is 12.4. The molecule has 0 radical (unpaired) electrons. The molecule has 1 aliphatic heterocycles. The van der Waals surface area contributed by atoms with E-state index in [0.717, 1.165) is 10.0 Å². The van der Waals surface area contributed by atoms with Crippen LogP contribution < -0.4 is 0 Å². The van der Waals surface area contributed by atoms with Crippen molar-refractivity contribution in [1.29, 1.82) is 0 Å². The Kier molecular flexibility index (Phi) is 6.55. The number of aliphatic carboxylic acids is 1. The summed E-state index contributed by atoms with van der Waals surface area (Å²) in [6.45, 7) is 7.02. The number of benzene rings is 1. The molecule has 1 aromatic rings. The predicted octanol–water partition coefficient (Wildman–Crippen LogP) is 3.67. The van der Waals surface area contributed by atoms with Gasteiger partial charge in [0.1, 0.15) is 17.7 Å². The molecule has 0 spiro atoms. The fourth-order valence-electron chi connectivity index (χ4n) is 2.78. The molecule has 1 fully saturated rings. The Hall–Kier alpha value is -2.04. The average Bonchev–Trinajstić information content (AvgIpc) is 2.90. The highest BCUT2D eigenvalue weighted by molar-refractivity contribution is 9.10. The fourth-order valence-corrected chi connectivity index (χ4v) is 3.17. The number of ether oxygens (including phenoxy) is 2. The molecule has 27 heavy (non-hydrogen) atoms. The molecular weight excluding hydrogens is 414 g/mol. The minimum atomic E-state index is -1.37. The summed E-state index contributed by atoms with van der Waals surface area (Å²) in [7, 11) is 0. The molecule has 1 amide bonds. The van der Waals surface area contributed by atoms with E-state index >= 15 is 0 Å². The van der Waals surface area contributed by atoms with Crippen molar-refractivity contribution in [2.75, 3.05) is 13.2 Å². The zero-order valence-electron chi connectivity index (χ0n) is 15.9. The zero-order chi connectivity index (χ0) is 20.2. The molecule has 1 N–H and O–H groups in total. The van der Waals surface area contributed by atoms with Gasteiger partial charge in [-0.25, -0.2) is 9.59 Å². The molecule has 0 aromatic heterocycles. The highest BCUT2D eigenvalue weighted by Crippen LogP contribution is 2.32. The van der Waals surface area contributed by atoms with Crippen LogP contribution in [0.15, 0.2) is 28.7 Å². The van der Waals surface area contributed by atoms with Crippen molar-refractivity contribution in [3.63, 3.8) is 0 Å². The Bertz CT molecular complexity index is 777. The Morgan fingerprint density at radius 1 is 1.37 bits per heavy atom. The molecule has 0 bridgehead atoms. The average molecular weight is 438 g/mol. The van der Waals surface area contributed by atoms with E-state index in [1.165, 1.54) is 11.8 Å². The number of rotatable bonds is 3. The summed E-state index contributed by atoms with van der Waals surface area (Å²) in [5.41, 5.74) is -1.23. The van der Waals surface area contributed by atoms with Crippen LogP contribution in [0.4, 0.5) is 4.79 Å². The second kappa shape index (κ2) is 8.32. The van der Waals surface area contributed by atoms with E-state index in [1.54, 1.807) is 20.8 Å². The first-order valence-electron chi connectivity index (χ1n) is 8.62. The molecular formula is C20H24BrNO5. The molecule has 0 aliphatic carbocycles. The normalized spacial score (nSPS) is 22.1. The summed E-state index contributed by atoms with van der Waals surface area (Å²) in [5.74, 6) is 4.84. The lowest BCUT2D eigenvalue weighted by molar-refractivity contribution is -0.148. The second-order valence-electron chi connectivity index (χ2n) is 7.59. The molecule has 1 aliphatic rings. The van der Waals surface area contributed by atoms with Crippen molar-refractivity contribution in [2.24, 2.45) is 0 Å². The van der Waals surface area contributed by atoms with Crippen LogP contribution in [0.25, 0.3) is 0 Å². The SMILES string of the molecule is CC(C)(C)OC(=O)N1C[C@H](OCC#Cc2ccccc2Br)C[C@@]1(C)C(=O)O. The van der Waals surface area contributed by atoms with E-state index < -0.39 is 29.3 Å². The van der Waals surface area contributed by atoms with Crippen molar-refractivity contribution < 1.29 is 24.2 Å². The molecule has 146 valence electrons. The first-order valence-corrected chi connectivity index (χ1v) is 9.41. The van der Waals surface area contributed by atoms with Gasteiger partial charge < -0.3 is 14.6 Å². The van der Waals surface area contributed by atoms with Gasteiger partial charge in [-0.2, -0.15) is 0 Å². The van der Waals surface area contributed by atoms with Gasteiger partial charge in [0.05, 0.1) is 12.6 Å². The van der Waals surface area contributed by atoms with E-state index in [1.807, 2.05) is 24.3 Å². The third-order valence-electron chi connectivity index (χ3n) is 4.17. The number of carboxylic acid groups (broad SMARTS) is 1. The molecule has 1 saturated heterocycles. The molecule has 6 nitrogen and oxygen atoms in total. The Balaban J connectivity index is 2.02. The summed E-state index contributed by atoms with van der Waals surface area (Å²) >= 11 is 3.43. The van der Waals surface area contributed by atoms with E-state index in [0.29, 0.717) is 0 Å². The summed E-state index contributed by atoms with van der Waals surface area (Å²) in [4.78, 5) is 25.4. The number of halogens is 1. The highest BCUT2D eigenvalue weighted by atomic mass is 79.9. The van der Waals surface area contributed by atoms with Crippen molar-refractivity contribution in [3.8, 4) is 11.8 Å². The van der Waals surface area contributed by atoms with Gasteiger partial charge in [-0.15, -0.1) is 0 Å². The topological polar surface area (TPSA) is 76.1 Å². The lowest BCUT2D eigenvalue weighted by atomic mass is 9.99. The van der Waals surface area contributed by atoms with Crippen molar-refractivity contribution in [3.05, 3.63) is 34.3 Å². The monoisotopic (exact) mass is 437 g/mol. The van der Waals surface area contributed by atoms with Gasteiger partial charge in [-0.05, 0) is 55.8 Å². The Morgan fingerprint density at radius 2 is 2.04 bits per heavy atom. The van der Waals surface area contributed by atoms with Gasteiger partial charge in [0, 0.05) is 16.5 Å². The van der Waals surface area contributed by atoms with Crippen molar-refractivity contribution in [2.45, 2.75) is 51.4 Å². The molecule has 0 unspecified atom stereocenters. The first-order chi connectivity index (χ1) is 12.5. The van der Waals surface area contributed by atoms with E-state index in [9.17, 15) is 14.7 Å². The number of nitrogens with zero attached hydrogens (tertiary/aromatic N) is 1. The van der Waals surface area contributed by atoms with E-state index in [2.05, 4.69) is 27.8 Å². The third-order valence-corrected chi connectivity index (χ3v) is 4.86. The van der Waals surface area contributed by atoms with Crippen LogP contribution in [0.1, 0.15) is 39.7 Å². The summed E-state index contributed by atoms with van der Waals surface area (Å²) in [5, 5.41) is 9.62. The van der Waals surface area contributed by atoms with Gasteiger partial charge in [0.2, 0.25) is 0 Å². The quantitative estimate of drug-likeness (QED) is 0.729. The maximum Gasteiger partial charge on any atom is 0.411 e.